The van der Waals surface area contributed by atoms with E-state index in [0.29, 0.717) is 44.2 Å². The number of fused-ring (bicyclic) bond motifs is 2. The zero-order chi connectivity index (χ0) is 24.1. The molecule has 0 spiro atoms. The Hall–Kier alpha value is -4.56. The van der Waals surface area contributed by atoms with Crippen LogP contribution in [0.3, 0.4) is 0 Å². The minimum Gasteiger partial charge on any atom is -0.494 e. The third-order valence-electron chi connectivity index (χ3n) is 5.86. The Morgan fingerprint density at radius 2 is 1.89 bits per heavy atom. The highest BCUT2D eigenvalue weighted by molar-refractivity contribution is 6.31. The number of hydrogen-bond donors (Lipinski definition) is 3. The summed E-state index contributed by atoms with van der Waals surface area (Å²) in [5.41, 5.74) is 4.97. The van der Waals surface area contributed by atoms with Crippen LogP contribution in [-0.4, -0.2) is 30.3 Å². The number of imidazole rings is 1. The van der Waals surface area contributed by atoms with Crippen LogP contribution < -0.4 is 5.76 Å². The highest BCUT2D eigenvalue weighted by Crippen LogP contribution is 2.33. The lowest BCUT2D eigenvalue weighted by Crippen LogP contribution is -2.03. The molecule has 3 heterocycles. The summed E-state index contributed by atoms with van der Waals surface area (Å²) in [5, 5.41) is 12.2. The van der Waals surface area contributed by atoms with Crippen molar-refractivity contribution in [3.8, 4) is 17.3 Å². The van der Waals surface area contributed by atoms with Gasteiger partial charge in [0.2, 0.25) is 0 Å². The number of aromatic amines is 2. The monoisotopic (exact) mass is 483 g/mol. The molecule has 0 unspecified atom stereocenters. The first kappa shape index (κ1) is 21.0. The smallest absolute Gasteiger partial charge is 0.417 e. The number of benzene rings is 3. The van der Waals surface area contributed by atoms with E-state index in [0.717, 1.165) is 16.8 Å². The van der Waals surface area contributed by atoms with Gasteiger partial charge in [-0.25, -0.2) is 14.8 Å². The lowest BCUT2D eigenvalue weighted by molar-refractivity contribution is 0.457. The van der Waals surface area contributed by atoms with Gasteiger partial charge >= 0.3 is 5.76 Å². The highest BCUT2D eigenvalue weighted by atomic mass is 35.5. The van der Waals surface area contributed by atoms with Gasteiger partial charge in [0.25, 0.3) is 0 Å². The molecule has 0 saturated carbocycles. The number of oxazole rings is 1. The molecular formula is C26H18ClN5O3. The van der Waals surface area contributed by atoms with Crippen LogP contribution in [0.1, 0.15) is 11.1 Å². The molecule has 6 aromatic rings. The Morgan fingerprint density at radius 1 is 1.06 bits per heavy atom. The van der Waals surface area contributed by atoms with Crippen LogP contribution in [0.25, 0.3) is 33.4 Å². The zero-order valence-electron chi connectivity index (χ0n) is 18.4. The minimum atomic E-state index is -0.537. The number of halogens is 1. The Balaban J connectivity index is 1.54. The molecule has 0 atom stereocenters. The Labute approximate surface area is 203 Å². The number of rotatable bonds is 4. The standard InChI is InChI=1S/C26H18ClN5O3/c1-32-11-10-28-24(32)14-2-6-17(7-3-14)29-23(15-4-9-19-21(12-15)35-26(34)31-19)22-18-8-5-16(27)13-20(18)30-25(22)33/h2-13,30,33H,1H3,(H,31,34). The summed E-state index contributed by atoms with van der Waals surface area (Å²) in [6.07, 6.45) is 3.64. The van der Waals surface area contributed by atoms with Crippen molar-refractivity contribution in [2.75, 3.05) is 0 Å². The third kappa shape index (κ3) is 3.70. The first-order valence-corrected chi connectivity index (χ1v) is 11.1. The SMILES string of the molecule is Cn1ccnc1-c1ccc(N=C(c2ccc3[nH]c(=O)oc3c2)c2c(O)[nH]c3cc(Cl)ccc23)cc1. The fourth-order valence-electron chi connectivity index (χ4n) is 4.21. The molecule has 0 amide bonds. The molecule has 0 aliphatic rings. The van der Waals surface area contributed by atoms with Gasteiger partial charge in [-0.05, 0) is 48.5 Å². The molecule has 35 heavy (non-hydrogen) atoms. The maximum Gasteiger partial charge on any atom is 0.417 e. The Morgan fingerprint density at radius 3 is 2.66 bits per heavy atom. The van der Waals surface area contributed by atoms with E-state index in [2.05, 4.69) is 15.0 Å². The summed E-state index contributed by atoms with van der Waals surface area (Å²) in [6, 6.07) is 18.3. The quantitative estimate of drug-likeness (QED) is 0.286. The molecule has 0 fully saturated rings. The van der Waals surface area contributed by atoms with Gasteiger partial charge in [-0.2, -0.15) is 0 Å². The number of hydrogen-bond acceptors (Lipinski definition) is 5. The van der Waals surface area contributed by atoms with Crippen LogP contribution in [0.15, 0.2) is 87.3 Å². The van der Waals surface area contributed by atoms with Gasteiger partial charge in [-0.15, -0.1) is 0 Å². The van der Waals surface area contributed by atoms with Crippen LogP contribution in [0.2, 0.25) is 5.02 Å². The maximum absolute atomic E-state index is 11.7. The van der Waals surface area contributed by atoms with Crippen molar-refractivity contribution in [1.82, 2.24) is 19.5 Å². The molecule has 3 N–H and O–H groups in total. The summed E-state index contributed by atoms with van der Waals surface area (Å²) >= 11 is 6.16. The van der Waals surface area contributed by atoms with Crippen LogP contribution in [0, 0.1) is 0 Å². The molecule has 0 saturated heterocycles. The average Bonchev–Trinajstić information content (AvgIpc) is 3.52. The van der Waals surface area contributed by atoms with Gasteiger partial charge in [0, 0.05) is 41.0 Å². The fraction of sp³-hybridized carbons (Fsp3) is 0.0385. The van der Waals surface area contributed by atoms with E-state index >= 15 is 0 Å². The van der Waals surface area contributed by atoms with Gasteiger partial charge in [0.05, 0.1) is 28.0 Å². The van der Waals surface area contributed by atoms with Crippen LogP contribution in [-0.2, 0) is 7.05 Å². The molecule has 172 valence electrons. The van der Waals surface area contributed by atoms with Gasteiger partial charge in [0.15, 0.2) is 11.5 Å². The first-order valence-electron chi connectivity index (χ1n) is 10.8. The molecular weight excluding hydrogens is 466 g/mol. The van der Waals surface area contributed by atoms with E-state index in [1.54, 1.807) is 30.5 Å². The van der Waals surface area contributed by atoms with Crippen LogP contribution >= 0.6 is 11.6 Å². The Kier molecular flexibility index (Phi) is 4.82. The fourth-order valence-corrected chi connectivity index (χ4v) is 4.38. The van der Waals surface area contributed by atoms with Crippen molar-refractivity contribution in [2.45, 2.75) is 0 Å². The van der Waals surface area contributed by atoms with Crippen LogP contribution in [0.4, 0.5) is 5.69 Å². The number of H-pyrrole nitrogens is 2. The van der Waals surface area contributed by atoms with Crippen molar-refractivity contribution in [3.05, 3.63) is 99.8 Å². The maximum atomic E-state index is 11.7. The van der Waals surface area contributed by atoms with Crippen molar-refractivity contribution in [2.24, 2.45) is 12.0 Å². The molecule has 0 aliphatic carbocycles. The topological polar surface area (TPSA) is 112 Å². The van der Waals surface area contributed by atoms with E-state index < -0.39 is 5.76 Å². The van der Waals surface area contributed by atoms with Gasteiger partial charge < -0.3 is 19.1 Å². The second-order valence-corrected chi connectivity index (χ2v) is 8.57. The van der Waals surface area contributed by atoms with Crippen molar-refractivity contribution in [3.63, 3.8) is 0 Å². The number of aliphatic imine (C=N–C) groups is 1. The second-order valence-electron chi connectivity index (χ2n) is 8.13. The average molecular weight is 484 g/mol. The van der Waals surface area contributed by atoms with E-state index in [-0.39, 0.29) is 5.88 Å². The van der Waals surface area contributed by atoms with E-state index in [1.165, 1.54) is 0 Å². The van der Waals surface area contributed by atoms with Crippen LogP contribution in [0.5, 0.6) is 5.88 Å². The molecule has 3 aromatic carbocycles. The Bertz CT molecular complexity index is 1800. The van der Waals surface area contributed by atoms with E-state index in [9.17, 15) is 9.90 Å². The lowest BCUT2D eigenvalue weighted by atomic mass is 10.0. The predicted molar refractivity (Wildman–Crippen MR) is 136 cm³/mol. The van der Waals surface area contributed by atoms with Crippen molar-refractivity contribution in [1.29, 1.82) is 0 Å². The molecule has 3 aromatic heterocycles. The second kappa shape index (κ2) is 8.03. The van der Waals surface area contributed by atoms with Crippen molar-refractivity contribution >= 4 is 45.0 Å². The van der Waals surface area contributed by atoms with Gasteiger partial charge in [-0.3, -0.25) is 4.98 Å². The molecule has 8 nitrogen and oxygen atoms in total. The van der Waals surface area contributed by atoms with Crippen molar-refractivity contribution < 1.29 is 9.52 Å². The minimum absolute atomic E-state index is 0.0405. The summed E-state index contributed by atoms with van der Waals surface area (Å²) in [4.78, 5) is 26.6. The number of aromatic hydroxyl groups is 1. The van der Waals surface area contributed by atoms with Gasteiger partial charge in [-0.1, -0.05) is 23.7 Å². The van der Waals surface area contributed by atoms with E-state index in [4.69, 9.17) is 21.0 Å². The number of nitrogens with zero attached hydrogens (tertiary/aromatic N) is 3. The number of nitrogens with one attached hydrogen (secondary N) is 2. The molecule has 0 radical (unpaired) electrons. The zero-order valence-corrected chi connectivity index (χ0v) is 19.2. The highest BCUT2D eigenvalue weighted by Gasteiger charge is 2.20. The molecule has 0 bridgehead atoms. The van der Waals surface area contributed by atoms with Gasteiger partial charge in [0.1, 0.15) is 5.82 Å². The summed E-state index contributed by atoms with van der Waals surface area (Å²) < 4.78 is 7.21. The summed E-state index contributed by atoms with van der Waals surface area (Å²) in [7, 11) is 1.94. The largest absolute Gasteiger partial charge is 0.494 e. The lowest BCUT2D eigenvalue weighted by Gasteiger charge is -2.09. The van der Waals surface area contributed by atoms with E-state index in [1.807, 2.05) is 54.2 Å². The molecule has 9 heteroatoms. The number of aryl methyl sites for hydroxylation is 1. The normalized spacial score (nSPS) is 12.1. The summed E-state index contributed by atoms with van der Waals surface area (Å²) in [6.45, 7) is 0. The molecule has 6 rings (SSSR count). The third-order valence-corrected chi connectivity index (χ3v) is 6.09. The predicted octanol–water partition coefficient (Wildman–Crippen LogP) is 5.53. The first-order chi connectivity index (χ1) is 17.0. The number of aromatic nitrogens is 4. The molecule has 0 aliphatic heterocycles. The summed E-state index contributed by atoms with van der Waals surface area (Å²) in [5.74, 6) is 0.270.